The van der Waals surface area contributed by atoms with Gasteiger partial charge in [-0.25, -0.2) is 0 Å². The van der Waals surface area contributed by atoms with Gasteiger partial charge in [0.2, 0.25) is 0 Å². The summed E-state index contributed by atoms with van der Waals surface area (Å²) >= 11 is 0. The van der Waals surface area contributed by atoms with Gasteiger partial charge in [-0.2, -0.15) is 0 Å². The third-order valence-corrected chi connectivity index (χ3v) is 17.5. The first-order valence-corrected chi connectivity index (χ1v) is 51.8. The Kier molecular flexibility index (Phi) is 132. The summed E-state index contributed by atoms with van der Waals surface area (Å²) in [4.78, 5) is 11.6. The molecule has 0 saturated heterocycles. The van der Waals surface area contributed by atoms with Gasteiger partial charge in [-0.3, -0.25) is 4.79 Å². The number of aliphatic hydroxyl groups is 1. The Hall–Kier alpha value is -2.37. The van der Waals surface area contributed by atoms with Crippen LogP contribution in [0.3, 0.4) is 0 Å². The molecule has 0 rings (SSSR count). The summed E-state index contributed by atoms with van der Waals surface area (Å²) in [6.07, 6.45) is 0.220. The van der Waals surface area contributed by atoms with E-state index in [1.165, 1.54) is 0 Å². The molecule has 0 unspecified atom stereocenters. The highest BCUT2D eigenvalue weighted by atomic mass is 16.7. The van der Waals surface area contributed by atoms with E-state index >= 15 is 0 Å². The zero-order valence-electron chi connectivity index (χ0n) is 88.7. The van der Waals surface area contributed by atoms with Crippen LogP contribution in [0.2, 0.25) is 0 Å². The van der Waals surface area contributed by atoms with Gasteiger partial charge in [0.25, 0.3) is 0 Å². The summed E-state index contributed by atoms with van der Waals surface area (Å²) in [6.45, 7) is 47.7. The van der Waals surface area contributed by atoms with Crippen LogP contribution in [-0.4, -0.2) is 618 Å². The lowest BCUT2D eigenvalue weighted by Gasteiger charge is -2.19. The highest BCUT2D eigenvalue weighted by Gasteiger charge is 2.16. The van der Waals surface area contributed by atoms with Crippen LogP contribution < -0.4 is 0 Å². The molecular formula is C97H194O48. The van der Waals surface area contributed by atoms with Crippen molar-refractivity contribution in [3.05, 3.63) is 0 Å². The molecule has 145 heavy (non-hydrogen) atoms. The Morgan fingerprint density at radius 1 is 0.117 bits per heavy atom. The summed E-state index contributed by atoms with van der Waals surface area (Å²) in [5, 5.41) is 8.63. The number of hydrogen-bond donors (Lipinski definition) is 1. The van der Waals surface area contributed by atoms with Crippen LogP contribution in [0.25, 0.3) is 0 Å². The fourth-order valence-electron chi connectivity index (χ4n) is 10.4. The second-order valence-corrected chi connectivity index (χ2v) is 30.6. The Morgan fingerprint density at radius 2 is 0.179 bits per heavy atom. The fourth-order valence-corrected chi connectivity index (χ4v) is 10.4. The minimum Gasteiger partial charge on any atom is -0.460 e. The Balaban J connectivity index is 3.11. The molecule has 0 aromatic carbocycles. The molecule has 0 spiro atoms. The van der Waals surface area contributed by atoms with Crippen molar-refractivity contribution in [1.82, 2.24) is 0 Å². The van der Waals surface area contributed by atoms with Gasteiger partial charge in [-0.1, -0.05) is 0 Å². The molecule has 1 N–H and O–H groups in total. The van der Waals surface area contributed by atoms with Gasteiger partial charge in [0.1, 0.15) is 5.60 Å². The molecular weight excluding hydrogens is 1930 g/mol. The van der Waals surface area contributed by atoms with Crippen LogP contribution in [0.15, 0.2) is 0 Å². The van der Waals surface area contributed by atoms with E-state index in [-0.39, 0.29) is 19.0 Å². The molecule has 0 heterocycles. The van der Waals surface area contributed by atoms with Crippen LogP contribution in [0.4, 0.5) is 0 Å². The molecule has 0 bridgehead atoms. The van der Waals surface area contributed by atoms with E-state index in [1.807, 2.05) is 20.8 Å². The largest absolute Gasteiger partial charge is 0.460 e. The molecule has 0 aromatic heterocycles. The van der Waals surface area contributed by atoms with Crippen molar-refractivity contribution in [3.63, 3.8) is 0 Å². The highest BCUT2D eigenvalue weighted by molar-refractivity contribution is 5.69. The molecule has 48 nitrogen and oxygen atoms in total. The summed E-state index contributed by atoms with van der Waals surface area (Å²) < 4.78 is 253. The van der Waals surface area contributed by atoms with Gasteiger partial charge in [0.15, 0.2) is 0 Å². The second-order valence-electron chi connectivity index (χ2n) is 30.6. The lowest BCUT2D eigenvalue weighted by molar-refractivity contribution is -0.156. The van der Waals surface area contributed by atoms with Crippen molar-refractivity contribution in [2.75, 3.05) is 601 Å². The molecule has 0 fully saturated rings. The van der Waals surface area contributed by atoms with Crippen molar-refractivity contribution in [2.24, 2.45) is 0 Å². The predicted molar refractivity (Wildman–Crippen MR) is 524 cm³/mol. The molecule has 48 heteroatoms. The Bertz CT molecular complexity index is 2090. The molecule has 870 valence electrons. The minimum absolute atomic E-state index is 0.0139. The molecule has 0 aromatic rings. The fraction of sp³-hybridized carbons (Fsp3) is 0.990. The van der Waals surface area contributed by atoms with Gasteiger partial charge < -0.3 is 223 Å². The normalized spacial score (nSPS) is 11.9. The van der Waals surface area contributed by atoms with E-state index in [1.54, 1.807) is 0 Å². The maximum atomic E-state index is 11.6. The van der Waals surface area contributed by atoms with Crippen molar-refractivity contribution in [2.45, 2.75) is 32.8 Å². The molecule has 0 saturated carbocycles. The molecule has 0 aliphatic rings. The second kappa shape index (κ2) is 134. The lowest BCUT2D eigenvalue weighted by atomic mass is 10.2. The first-order chi connectivity index (χ1) is 72.0. The van der Waals surface area contributed by atoms with Gasteiger partial charge in [-0.15, -0.1) is 0 Å². The maximum Gasteiger partial charge on any atom is 0.308 e. The zero-order valence-corrected chi connectivity index (χ0v) is 88.7. The number of ether oxygens (including phenoxy) is 46. The first-order valence-electron chi connectivity index (χ1n) is 51.8. The van der Waals surface area contributed by atoms with Crippen LogP contribution in [0.1, 0.15) is 27.2 Å². The van der Waals surface area contributed by atoms with Crippen molar-refractivity contribution >= 4 is 5.97 Å². The van der Waals surface area contributed by atoms with Gasteiger partial charge >= 0.3 is 5.97 Å². The average molecular weight is 2130 g/mol. The number of carbonyl (C=O) groups is 1. The SMILES string of the molecule is CC(C)(C)OC(=O)CCOCCOCCOCCOCCOCCOCCOCCOCCOCCOCCOCCOCCOCCOCCOCCOCCOCCOCCOCCOCCOCCOCCOCCOCCOCCOCCOCCOCCOCCOCCOCCOCCOCCOCCOCCOCCOCCOCCOCCOCCOCCOCCOCCOCCOCCO. The minimum atomic E-state index is -0.489. The van der Waals surface area contributed by atoms with Crippen LogP contribution >= 0.6 is 0 Å². The molecule has 0 aliphatic heterocycles. The zero-order chi connectivity index (χ0) is 104. The molecule has 0 atom stereocenters. The monoisotopic (exact) mass is 2130 g/mol. The molecule has 0 radical (unpaired) electrons. The van der Waals surface area contributed by atoms with E-state index in [0.717, 1.165) is 0 Å². The average Bonchev–Trinajstić information content (AvgIpc) is 0.948. The number of hydrogen-bond acceptors (Lipinski definition) is 48. The third-order valence-electron chi connectivity index (χ3n) is 17.5. The van der Waals surface area contributed by atoms with Crippen LogP contribution in [0, 0.1) is 0 Å². The van der Waals surface area contributed by atoms with Crippen molar-refractivity contribution in [1.29, 1.82) is 0 Å². The summed E-state index contributed by atoms with van der Waals surface area (Å²) in [7, 11) is 0. The predicted octanol–water partition coefficient (Wildman–Crippen LogP) is 1.46. The van der Waals surface area contributed by atoms with Crippen molar-refractivity contribution < 1.29 is 228 Å². The van der Waals surface area contributed by atoms with Crippen LogP contribution in [0.5, 0.6) is 0 Å². The Labute approximate surface area is 864 Å². The summed E-state index contributed by atoms with van der Waals surface area (Å²) in [6, 6.07) is 0. The Morgan fingerprint density at radius 3 is 0.241 bits per heavy atom. The smallest absolute Gasteiger partial charge is 0.308 e. The number of esters is 1. The number of carbonyl (C=O) groups excluding carboxylic acids is 1. The van der Waals surface area contributed by atoms with E-state index in [4.69, 9.17) is 223 Å². The lowest BCUT2D eigenvalue weighted by Crippen LogP contribution is -2.24. The topological polar surface area (TPSA) is 462 Å². The first kappa shape index (κ1) is 143. The van der Waals surface area contributed by atoms with Crippen molar-refractivity contribution in [3.8, 4) is 0 Å². The quantitative estimate of drug-likeness (QED) is 0.0665. The maximum absolute atomic E-state index is 11.6. The van der Waals surface area contributed by atoms with E-state index in [0.29, 0.717) is 595 Å². The molecule has 0 amide bonds. The van der Waals surface area contributed by atoms with Gasteiger partial charge in [0, 0.05) is 0 Å². The number of rotatable bonds is 137. The highest BCUT2D eigenvalue weighted by Crippen LogP contribution is 2.08. The summed E-state index contributed by atoms with van der Waals surface area (Å²) in [5.74, 6) is -0.274. The van der Waals surface area contributed by atoms with Gasteiger partial charge in [0.05, 0.1) is 608 Å². The third kappa shape index (κ3) is 140. The van der Waals surface area contributed by atoms with Crippen LogP contribution in [-0.2, 0) is 223 Å². The molecule has 0 aliphatic carbocycles. The van der Waals surface area contributed by atoms with E-state index in [9.17, 15) is 4.79 Å². The van der Waals surface area contributed by atoms with Gasteiger partial charge in [-0.05, 0) is 20.8 Å². The number of aliphatic hydroxyl groups excluding tert-OH is 1. The van der Waals surface area contributed by atoms with E-state index < -0.39 is 5.60 Å². The summed E-state index contributed by atoms with van der Waals surface area (Å²) in [5.41, 5.74) is -0.489. The standard InChI is InChI=1S/C97H194O48/c1-97(2,3)145-96(99)4-6-100-8-10-102-12-14-104-16-18-106-20-22-108-24-26-110-28-30-112-32-34-114-36-38-116-40-42-118-44-46-120-48-50-122-52-54-124-56-58-126-60-62-128-64-66-130-68-70-132-72-74-134-76-78-136-80-82-138-84-86-140-88-90-142-92-94-144-95-93-143-91-89-141-87-85-139-83-81-137-79-77-135-75-73-133-71-69-131-67-65-129-63-61-127-59-57-125-55-53-123-51-49-121-47-45-119-43-41-117-39-37-115-35-33-113-31-29-111-27-25-109-23-21-107-19-17-105-15-13-103-11-9-101-7-5-98/h98H,4-95H2,1-3H3. The van der Waals surface area contributed by atoms with E-state index in [2.05, 4.69) is 0 Å².